The van der Waals surface area contributed by atoms with Crippen LogP contribution in [0.2, 0.25) is 0 Å². The molecule has 0 fully saturated rings. The highest BCUT2D eigenvalue weighted by molar-refractivity contribution is 7.87. The van der Waals surface area contributed by atoms with Gasteiger partial charge in [-0.15, -0.1) is 0 Å². The summed E-state index contributed by atoms with van der Waals surface area (Å²) >= 11 is 0. The number of para-hydroxylation sites is 1. The van der Waals surface area contributed by atoms with Crippen LogP contribution in [0.15, 0.2) is 18.2 Å². The van der Waals surface area contributed by atoms with Crippen molar-refractivity contribution >= 4 is 21.9 Å². The summed E-state index contributed by atoms with van der Waals surface area (Å²) in [5.41, 5.74) is 2.95. The zero-order valence-electron chi connectivity index (χ0n) is 27.7. The number of benzene rings is 1. The van der Waals surface area contributed by atoms with Gasteiger partial charge in [0.15, 0.2) is 0 Å². The number of hydrazine groups is 1. The summed E-state index contributed by atoms with van der Waals surface area (Å²) in [5, 5.41) is 3.81. The van der Waals surface area contributed by atoms with Crippen molar-refractivity contribution in [2.24, 2.45) is 0 Å². The number of rotatable bonds is 22. The maximum Gasteiger partial charge on any atom is 0.351 e. The Morgan fingerprint density at radius 3 is 1.44 bits per heavy atom. The van der Waals surface area contributed by atoms with Crippen molar-refractivity contribution in [3.63, 3.8) is 0 Å². The van der Waals surface area contributed by atoms with Crippen molar-refractivity contribution in [1.82, 2.24) is 14.0 Å². The topological polar surface area (TPSA) is 73.0 Å². The van der Waals surface area contributed by atoms with Crippen LogP contribution in [-0.4, -0.2) is 49.9 Å². The highest BCUT2D eigenvalue weighted by Crippen LogP contribution is 2.36. The molecule has 0 bridgehead atoms. The molecule has 0 heterocycles. The lowest BCUT2D eigenvalue weighted by atomic mass is 9.92. The lowest BCUT2D eigenvalue weighted by molar-refractivity contribution is 0.208. The molecule has 0 saturated heterocycles. The third-order valence-electron chi connectivity index (χ3n) is 7.65. The first-order chi connectivity index (χ1) is 19.5. The van der Waals surface area contributed by atoms with Gasteiger partial charge in [0, 0.05) is 26.2 Å². The molecular weight excluding hydrogens is 532 g/mol. The third kappa shape index (κ3) is 12.6. The first-order valence-corrected chi connectivity index (χ1v) is 18.0. The Hall–Kier alpha value is -1.64. The van der Waals surface area contributed by atoms with Crippen molar-refractivity contribution in [1.29, 1.82) is 0 Å². The highest BCUT2D eigenvalue weighted by atomic mass is 32.2. The minimum atomic E-state index is -4.02. The van der Waals surface area contributed by atoms with Gasteiger partial charge in [-0.2, -0.15) is 12.7 Å². The third-order valence-corrected chi connectivity index (χ3v) is 9.12. The van der Waals surface area contributed by atoms with Gasteiger partial charge in [0.1, 0.15) is 0 Å². The monoisotopic (exact) mass is 594 g/mol. The summed E-state index contributed by atoms with van der Waals surface area (Å²) in [6.45, 7) is 19.4. The van der Waals surface area contributed by atoms with E-state index in [1.807, 2.05) is 0 Å². The predicted octanol–water partition coefficient (Wildman–Crippen LogP) is 8.97. The second-order valence-electron chi connectivity index (χ2n) is 12.0. The molecule has 0 spiro atoms. The quantitative estimate of drug-likeness (QED) is 0.107. The summed E-state index contributed by atoms with van der Waals surface area (Å²) in [7, 11) is -4.02. The fourth-order valence-electron chi connectivity index (χ4n) is 5.17. The normalized spacial score (nSPS) is 12.2. The number of anilines is 1. The Balaban J connectivity index is 3.65. The molecule has 1 aromatic rings. The van der Waals surface area contributed by atoms with E-state index >= 15 is 0 Å². The molecule has 0 saturated carbocycles. The van der Waals surface area contributed by atoms with Gasteiger partial charge in [0.2, 0.25) is 0 Å². The van der Waals surface area contributed by atoms with Crippen LogP contribution < -0.4 is 9.73 Å². The van der Waals surface area contributed by atoms with Crippen molar-refractivity contribution in [3.8, 4) is 0 Å². The maximum absolute atomic E-state index is 14.3. The van der Waals surface area contributed by atoms with Gasteiger partial charge in [0.05, 0.1) is 5.69 Å². The molecule has 0 radical (unpaired) electrons. The first kappa shape index (κ1) is 37.4. The molecule has 0 aliphatic rings. The molecular formula is C33H62N4O3S. The van der Waals surface area contributed by atoms with E-state index < -0.39 is 16.2 Å². The second kappa shape index (κ2) is 20.3. The van der Waals surface area contributed by atoms with Crippen molar-refractivity contribution in [2.75, 3.05) is 31.2 Å². The lowest BCUT2D eigenvalue weighted by Gasteiger charge is -2.38. The number of carbonyl (C=O) groups is 1. The van der Waals surface area contributed by atoms with Crippen molar-refractivity contribution < 1.29 is 13.2 Å². The molecule has 0 atom stereocenters. The van der Waals surface area contributed by atoms with Gasteiger partial charge in [-0.3, -0.25) is 0 Å². The smallest absolute Gasteiger partial charge is 0.246 e. The molecule has 1 rings (SSSR count). The zero-order chi connectivity index (χ0) is 30.8. The van der Waals surface area contributed by atoms with E-state index in [1.54, 1.807) is 5.01 Å². The molecule has 0 aliphatic carbocycles. The summed E-state index contributed by atoms with van der Waals surface area (Å²) in [5.74, 6) is 0.339. The van der Waals surface area contributed by atoms with Crippen LogP contribution in [0.1, 0.15) is 155 Å². The molecule has 0 aliphatic heterocycles. The van der Waals surface area contributed by atoms with Gasteiger partial charge >= 0.3 is 16.2 Å². The minimum absolute atomic E-state index is 0.170. The number of hydrogen-bond donors (Lipinski definition) is 1. The van der Waals surface area contributed by atoms with Gasteiger partial charge in [0.25, 0.3) is 0 Å². The molecule has 1 aromatic carbocycles. The molecule has 2 amide bonds. The number of nitrogens with one attached hydrogen (secondary N) is 1. The number of nitrogens with zero attached hydrogens (tertiary/aromatic N) is 3. The van der Waals surface area contributed by atoms with E-state index in [4.69, 9.17) is 0 Å². The average molecular weight is 595 g/mol. The van der Waals surface area contributed by atoms with Crippen LogP contribution in [0.4, 0.5) is 10.5 Å². The second-order valence-corrected chi connectivity index (χ2v) is 13.7. The fraction of sp³-hybridized carbons (Fsp3) is 0.788. The Morgan fingerprint density at radius 2 is 1.07 bits per heavy atom. The van der Waals surface area contributed by atoms with Crippen LogP contribution in [0.5, 0.6) is 0 Å². The molecule has 7 nitrogen and oxygen atoms in total. The molecule has 0 unspecified atom stereocenters. The number of unbranched alkanes of at least 4 members (excludes halogenated alkanes) is 8. The zero-order valence-corrected chi connectivity index (χ0v) is 28.5. The fourth-order valence-corrected chi connectivity index (χ4v) is 6.35. The molecule has 41 heavy (non-hydrogen) atoms. The molecule has 0 aromatic heterocycles. The van der Waals surface area contributed by atoms with Crippen molar-refractivity contribution in [3.05, 3.63) is 29.3 Å². The van der Waals surface area contributed by atoms with E-state index in [9.17, 15) is 13.2 Å². The van der Waals surface area contributed by atoms with Crippen LogP contribution in [0.25, 0.3) is 0 Å². The Morgan fingerprint density at radius 1 is 0.683 bits per heavy atom. The minimum Gasteiger partial charge on any atom is -0.246 e. The van der Waals surface area contributed by atoms with Gasteiger partial charge in [-0.05, 0) is 48.6 Å². The molecule has 8 heteroatoms. The SMILES string of the molecule is CCCCCN(CCCCC)N(C(=O)NS(=O)(=O)N(CCCCC)CCCCC)c1c(C(C)C)cccc1C(C)C. The van der Waals surface area contributed by atoms with Crippen LogP contribution in [-0.2, 0) is 10.2 Å². The van der Waals surface area contributed by atoms with Crippen LogP contribution >= 0.6 is 0 Å². The number of carbonyl (C=O) groups excluding carboxylic acids is 1. The number of amides is 2. The van der Waals surface area contributed by atoms with Crippen LogP contribution in [0.3, 0.4) is 0 Å². The van der Waals surface area contributed by atoms with E-state index in [1.165, 1.54) is 4.31 Å². The Kier molecular flexibility index (Phi) is 18.5. The van der Waals surface area contributed by atoms with E-state index in [-0.39, 0.29) is 11.8 Å². The van der Waals surface area contributed by atoms with E-state index in [2.05, 4.69) is 83.3 Å². The van der Waals surface area contributed by atoms with Gasteiger partial charge in [-0.1, -0.05) is 125 Å². The average Bonchev–Trinajstić information content (AvgIpc) is 2.92. The molecule has 1 N–H and O–H groups in total. The summed E-state index contributed by atoms with van der Waals surface area (Å²) in [4.78, 5) is 14.3. The standard InChI is InChI=1S/C33H62N4O3S/c1-9-13-17-24-35(25-18-14-10-2)37(32-30(28(5)6)22-21-23-31(32)29(7)8)33(38)34-41(39,40)36(26-19-15-11-3)27-20-16-12-4/h21-23,28-29H,9-20,24-27H2,1-8H3,(H,34,38). The number of hydrogen-bond acceptors (Lipinski definition) is 4. The predicted molar refractivity (Wildman–Crippen MR) is 176 cm³/mol. The van der Waals surface area contributed by atoms with Gasteiger partial charge in [-0.25, -0.2) is 19.5 Å². The van der Waals surface area contributed by atoms with Crippen molar-refractivity contribution in [2.45, 2.75) is 144 Å². The van der Waals surface area contributed by atoms with E-state index in [0.717, 1.165) is 93.9 Å². The summed E-state index contributed by atoms with van der Waals surface area (Å²) in [6, 6.07) is 5.64. The lowest BCUT2D eigenvalue weighted by Crippen LogP contribution is -2.56. The van der Waals surface area contributed by atoms with Crippen LogP contribution in [0, 0.1) is 0 Å². The maximum atomic E-state index is 14.3. The Bertz CT molecular complexity index is 919. The summed E-state index contributed by atoms with van der Waals surface area (Å²) in [6.07, 6.45) is 11.7. The summed E-state index contributed by atoms with van der Waals surface area (Å²) < 4.78 is 31.6. The Labute approximate surface area is 253 Å². The van der Waals surface area contributed by atoms with Gasteiger partial charge < -0.3 is 0 Å². The largest absolute Gasteiger partial charge is 0.351 e. The molecule has 238 valence electrons. The highest BCUT2D eigenvalue weighted by Gasteiger charge is 2.33. The first-order valence-electron chi connectivity index (χ1n) is 16.5. The number of urea groups is 1. The van der Waals surface area contributed by atoms with E-state index in [0.29, 0.717) is 26.2 Å².